The predicted molar refractivity (Wildman–Crippen MR) is 122 cm³/mol. The monoisotopic (exact) mass is 374 g/mol. The fraction of sp³-hybridized carbons (Fsp3) is 0.333. The lowest BCUT2D eigenvalue weighted by Gasteiger charge is -2.17. The fourth-order valence-corrected chi connectivity index (χ4v) is 3.96. The molecule has 0 N–H and O–H groups in total. The van der Waals surface area contributed by atoms with E-state index >= 15 is 0 Å². The topological polar surface area (TPSA) is 9.23 Å². The van der Waals surface area contributed by atoms with Crippen LogP contribution in [0, 0.1) is 62.3 Å². The highest BCUT2D eigenvalue weighted by Gasteiger charge is 2.11. The van der Waals surface area contributed by atoms with Gasteiger partial charge in [-0.25, -0.2) is 0 Å². The molecule has 0 heterocycles. The summed E-state index contributed by atoms with van der Waals surface area (Å²) in [6, 6.07) is 15.2. The molecule has 0 aliphatic rings. The first-order valence-corrected chi connectivity index (χ1v) is 9.95. The first-order valence-electron chi connectivity index (χ1n) is 9.95. The summed E-state index contributed by atoms with van der Waals surface area (Å²) in [6.07, 6.45) is 0. The van der Waals surface area contributed by atoms with E-state index in [1.807, 2.05) is 0 Å². The molecule has 0 aliphatic carbocycles. The number of rotatable bonds is 2. The maximum absolute atomic E-state index is 6.21. The van der Waals surface area contributed by atoms with Crippen molar-refractivity contribution in [3.05, 3.63) is 92.5 Å². The number of hydrogen-bond donors (Lipinski definition) is 0. The van der Waals surface area contributed by atoms with Crippen LogP contribution in [-0.4, -0.2) is 0 Å². The Morgan fingerprint density at radius 3 is 0.821 bits per heavy atom. The first-order chi connectivity index (χ1) is 13.1. The average Bonchev–Trinajstić information content (AvgIpc) is 2.51. The molecule has 1 nitrogen and oxygen atoms in total. The second-order valence-electron chi connectivity index (χ2n) is 8.22. The zero-order chi connectivity index (χ0) is 21.0. The summed E-state index contributed by atoms with van der Waals surface area (Å²) in [6.45, 7) is 19.0. The molecule has 0 unspecified atom stereocenters. The Morgan fingerprint density at radius 1 is 0.357 bits per heavy atom. The summed E-state index contributed by atoms with van der Waals surface area (Å²) in [4.78, 5) is 0. The van der Waals surface area contributed by atoms with Gasteiger partial charge in [-0.2, -0.15) is 0 Å². The lowest BCUT2D eigenvalue weighted by molar-refractivity contribution is 0.467. The number of ether oxygens (including phenoxy) is 1. The molecule has 0 spiro atoms. The number of hydrogen-bond acceptors (Lipinski definition) is 1. The van der Waals surface area contributed by atoms with Crippen molar-refractivity contribution in [1.29, 1.82) is 0 Å². The van der Waals surface area contributed by atoms with E-state index in [9.17, 15) is 0 Å². The van der Waals surface area contributed by atoms with E-state index in [1.54, 1.807) is 0 Å². The van der Waals surface area contributed by atoms with Gasteiger partial charge in [-0.05, 0) is 84.6 Å². The molecule has 148 valence electrons. The van der Waals surface area contributed by atoms with E-state index in [2.05, 4.69) is 105 Å². The van der Waals surface area contributed by atoms with Crippen LogP contribution in [0.1, 0.15) is 50.1 Å². The van der Waals surface area contributed by atoms with Gasteiger partial charge in [0.2, 0.25) is 0 Å². The Bertz CT molecular complexity index is 828. The third-order valence-electron chi connectivity index (χ3n) is 4.78. The van der Waals surface area contributed by atoms with Crippen molar-refractivity contribution in [3.8, 4) is 11.5 Å². The molecule has 0 amide bonds. The Kier molecular flexibility index (Phi) is 7.07. The highest BCUT2D eigenvalue weighted by Crippen LogP contribution is 2.34. The highest BCUT2D eigenvalue weighted by atomic mass is 16.5. The minimum Gasteiger partial charge on any atom is -0.456 e. The fourth-order valence-electron chi connectivity index (χ4n) is 3.96. The molecule has 0 saturated carbocycles. The van der Waals surface area contributed by atoms with Crippen LogP contribution in [0.25, 0.3) is 0 Å². The van der Waals surface area contributed by atoms with Crippen molar-refractivity contribution in [2.75, 3.05) is 0 Å². The Balaban J connectivity index is 0.000000261. The molecule has 0 saturated heterocycles. The minimum absolute atomic E-state index is 0.987. The summed E-state index contributed by atoms with van der Waals surface area (Å²) in [7, 11) is 0. The molecular weight excluding hydrogens is 340 g/mol. The Labute approximate surface area is 171 Å². The van der Waals surface area contributed by atoms with Crippen LogP contribution >= 0.6 is 0 Å². The largest absolute Gasteiger partial charge is 0.456 e. The van der Waals surface area contributed by atoms with E-state index in [1.165, 1.54) is 50.1 Å². The lowest BCUT2D eigenvalue weighted by Crippen LogP contribution is -1.96. The normalized spacial score (nSPS) is 10.3. The van der Waals surface area contributed by atoms with Gasteiger partial charge in [0.05, 0.1) is 0 Å². The molecule has 1 heteroatoms. The van der Waals surface area contributed by atoms with Crippen molar-refractivity contribution >= 4 is 0 Å². The van der Waals surface area contributed by atoms with E-state index < -0.39 is 0 Å². The quantitative estimate of drug-likeness (QED) is 0.442. The molecule has 3 rings (SSSR count). The van der Waals surface area contributed by atoms with Gasteiger partial charge in [-0.3, -0.25) is 0 Å². The van der Waals surface area contributed by atoms with Gasteiger partial charge in [-0.15, -0.1) is 0 Å². The van der Waals surface area contributed by atoms with E-state index in [0.29, 0.717) is 0 Å². The molecule has 28 heavy (non-hydrogen) atoms. The molecule has 0 aliphatic heterocycles. The minimum atomic E-state index is 0.987. The SMILES string of the molecule is Cc1cc(C)c(Oc2c(C)cc(C)cc2C)c(C)c1.Cc1cc(C)cc(C)c1. The molecule has 0 atom stereocenters. The van der Waals surface area contributed by atoms with Gasteiger partial charge in [-0.1, -0.05) is 70.3 Å². The van der Waals surface area contributed by atoms with Crippen molar-refractivity contribution in [2.45, 2.75) is 62.3 Å². The molecular formula is C27H34O. The predicted octanol–water partition coefficient (Wildman–Crippen LogP) is 7.94. The summed E-state index contributed by atoms with van der Waals surface area (Å²) in [5, 5.41) is 0. The van der Waals surface area contributed by atoms with E-state index in [-0.39, 0.29) is 0 Å². The molecule has 0 fully saturated rings. The van der Waals surface area contributed by atoms with Crippen LogP contribution in [0.2, 0.25) is 0 Å². The third kappa shape index (κ3) is 5.73. The van der Waals surface area contributed by atoms with Crippen LogP contribution < -0.4 is 4.74 Å². The van der Waals surface area contributed by atoms with Crippen LogP contribution in [0.15, 0.2) is 42.5 Å². The zero-order valence-corrected chi connectivity index (χ0v) is 18.9. The molecule has 0 aromatic heterocycles. The summed E-state index contributed by atoms with van der Waals surface area (Å²) >= 11 is 0. The lowest BCUT2D eigenvalue weighted by atomic mass is 10.0. The van der Waals surface area contributed by atoms with Gasteiger partial charge in [0, 0.05) is 0 Å². The van der Waals surface area contributed by atoms with Gasteiger partial charge < -0.3 is 4.74 Å². The molecule has 0 bridgehead atoms. The Hall–Kier alpha value is -2.54. The van der Waals surface area contributed by atoms with Crippen molar-refractivity contribution in [3.63, 3.8) is 0 Å². The standard InChI is InChI=1S/C18H22O.C9H12/c1-11-7-13(3)17(14(4)8-11)19-18-15(5)9-12(2)10-16(18)6;1-7-4-8(2)6-9(3)5-7/h7-10H,1-6H3;4-6H,1-3H3. The molecule has 3 aromatic carbocycles. The summed E-state index contributed by atoms with van der Waals surface area (Å²) in [5.74, 6) is 1.97. The first kappa shape index (κ1) is 21.8. The van der Waals surface area contributed by atoms with Gasteiger partial charge >= 0.3 is 0 Å². The van der Waals surface area contributed by atoms with Crippen LogP contribution in [-0.2, 0) is 0 Å². The van der Waals surface area contributed by atoms with Crippen molar-refractivity contribution < 1.29 is 4.74 Å². The maximum Gasteiger partial charge on any atom is 0.133 e. The second-order valence-corrected chi connectivity index (χ2v) is 8.22. The van der Waals surface area contributed by atoms with Gasteiger partial charge in [0.15, 0.2) is 0 Å². The smallest absolute Gasteiger partial charge is 0.133 e. The van der Waals surface area contributed by atoms with Crippen LogP contribution in [0.5, 0.6) is 11.5 Å². The third-order valence-corrected chi connectivity index (χ3v) is 4.78. The van der Waals surface area contributed by atoms with Crippen LogP contribution in [0.3, 0.4) is 0 Å². The van der Waals surface area contributed by atoms with Crippen LogP contribution in [0.4, 0.5) is 0 Å². The van der Waals surface area contributed by atoms with Gasteiger partial charge in [0.25, 0.3) is 0 Å². The number of benzene rings is 3. The summed E-state index contributed by atoms with van der Waals surface area (Å²) in [5.41, 5.74) is 11.4. The average molecular weight is 375 g/mol. The summed E-state index contributed by atoms with van der Waals surface area (Å²) < 4.78 is 6.21. The zero-order valence-electron chi connectivity index (χ0n) is 18.9. The van der Waals surface area contributed by atoms with Crippen molar-refractivity contribution in [2.24, 2.45) is 0 Å². The molecule has 3 aromatic rings. The molecule has 0 radical (unpaired) electrons. The number of aryl methyl sites for hydroxylation is 9. The Morgan fingerprint density at radius 2 is 0.571 bits per heavy atom. The highest BCUT2D eigenvalue weighted by molar-refractivity contribution is 5.50. The van der Waals surface area contributed by atoms with Crippen molar-refractivity contribution in [1.82, 2.24) is 0 Å². The van der Waals surface area contributed by atoms with Gasteiger partial charge in [0.1, 0.15) is 11.5 Å². The van der Waals surface area contributed by atoms with E-state index in [0.717, 1.165) is 11.5 Å². The maximum atomic E-state index is 6.21. The second kappa shape index (κ2) is 9.10. The van der Waals surface area contributed by atoms with E-state index in [4.69, 9.17) is 4.74 Å².